The number of rotatable bonds is 6. The smallest absolute Gasteiger partial charge is 0.409 e. The summed E-state index contributed by atoms with van der Waals surface area (Å²) in [6.45, 7) is 5.82. The SMILES string of the molecule is C[C@@H](Cc1ccc2c(c1)OCO2)N(C)C(=O)OCCN1CCC1. The lowest BCUT2D eigenvalue weighted by molar-refractivity contribution is 0.0765. The summed E-state index contributed by atoms with van der Waals surface area (Å²) in [6, 6.07) is 5.94. The van der Waals surface area contributed by atoms with Gasteiger partial charge in [0.15, 0.2) is 11.5 Å². The van der Waals surface area contributed by atoms with Gasteiger partial charge in [0.2, 0.25) is 6.79 Å². The minimum absolute atomic E-state index is 0.0480. The van der Waals surface area contributed by atoms with Crippen molar-refractivity contribution in [1.29, 1.82) is 0 Å². The topological polar surface area (TPSA) is 51.2 Å². The first kappa shape index (κ1) is 15.9. The fourth-order valence-electron chi connectivity index (χ4n) is 2.70. The van der Waals surface area contributed by atoms with Gasteiger partial charge in [0.1, 0.15) is 6.61 Å². The van der Waals surface area contributed by atoms with Gasteiger partial charge in [-0.1, -0.05) is 6.07 Å². The first-order chi connectivity index (χ1) is 11.1. The molecule has 0 N–H and O–H groups in total. The number of likely N-dealkylation sites (N-methyl/N-ethyl adjacent to an activating group) is 1. The number of ether oxygens (including phenoxy) is 3. The number of carbonyl (C=O) groups excluding carboxylic acids is 1. The van der Waals surface area contributed by atoms with Crippen LogP contribution in [0.3, 0.4) is 0 Å². The van der Waals surface area contributed by atoms with Gasteiger partial charge < -0.3 is 19.1 Å². The van der Waals surface area contributed by atoms with Crippen LogP contribution in [0.5, 0.6) is 11.5 Å². The number of hydrogen-bond donors (Lipinski definition) is 0. The molecule has 1 atom stereocenters. The van der Waals surface area contributed by atoms with E-state index in [-0.39, 0.29) is 18.9 Å². The number of carbonyl (C=O) groups is 1. The predicted molar refractivity (Wildman–Crippen MR) is 85.9 cm³/mol. The second-order valence-electron chi connectivity index (χ2n) is 6.16. The molecule has 1 aromatic carbocycles. The summed E-state index contributed by atoms with van der Waals surface area (Å²) in [6.07, 6.45) is 1.73. The molecule has 6 nitrogen and oxygen atoms in total. The van der Waals surface area contributed by atoms with E-state index in [1.807, 2.05) is 25.1 Å². The average molecular weight is 320 g/mol. The van der Waals surface area contributed by atoms with Crippen LogP contribution in [0.15, 0.2) is 18.2 Å². The zero-order valence-electron chi connectivity index (χ0n) is 13.8. The van der Waals surface area contributed by atoms with E-state index in [2.05, 4.69) is 4.90 Å². The lowest BCUT2D eigenvalue weighted by Gasteiger charge is -2.31. The van der Waals surface area contributed by atoms with Crippen molar-refractivity contribution >= 4 is 6.09 Å². The highest BCUT2D eigenvalue weighted by Gasteiger charge is 2.20. The summed E-state index contributed by atoms with van der Waals surface area (Å²) >= 11 is 0. The Morgan fingerprint density at radius 2 is 2.13 bits per heavy atom. The van der Waals surface area contributed by atoms with Crippen molar-refractivity contribution in [2.75, 3.05) is 40.1 Å². The van der Waals surface area contributed by atoms with Gasteiger partial charge in [-0.25, -0.2) is 4.79 Å². The Labute approximate surface area is 136 Å². The molecule has 2 aliphatic rings. The number of benzene rings is 1. The fourth-order valence-corrected chi connectivity index (χ4v) is 2.70. The van der Waals surface area contributed by atoms with E-state index in [1.165, 1.54) is 6.42 Å². The molecule has 1 amide bonds. The van der Waals surface area contributed by atoms with Crippen LogP contribution < -0.4 is 9.47 Å². The lowest BCUT2D eigenvalue weighted by Crippen LogP contribution is -2.41. The van der Waals surface area contributed by atoms with Gasteiger partial charge >= 0.3 is 6.09 Å². The van der Waals surface area contributed by atoms with Crippen LogP contribution in [-0.4, -0.2) is 62.0 Å². The Bertz CT molecular complexity index is 560. The maximum absolute atomic E-state index is 12.1. The van der Waals surface area contributed by atoms with Gasteiger partial charge in [-0.3, -0.25) is 4.90 Å². The molecule has 0 aromatic heterocycles. The number of amides is 1. The zero-order chi connectivity index (χ0) is 16.2. The minimum atomic E-state index is -0.265. The van der Waals surface area contributed by atoms with Crippen molar-refractivity contribution in [2.45, 2.75) is 25.8 Å². The van der Waals surface area contributed by atoms with Gasteiger partial charge in [-0.15, -0.1) is 0 Å². The van der Waals surface area contributed by atoms with Crippen molar-refractivity contribution in [1.82, 2.24) is 9.80 Å². The van der Waals surface area contributed by atoms with Crippen LogP contribution in [0.25, 0.3) is 0 Å². The summed E-state index contributed by atoms with van der Waals surface area (Å²) in [4.78, 5) is 16.0. The van der Waals surface area contributed by atoms with Crippen LogP contribution in [0.1, 0.15) is 18.9 Å². The minimum Gasteiger partial charge on any atom is -0.454 e. The van der Waals surface area contributed by atoms with E-state index in [9.17, 15) is 4.79 Å². The third-order valence-corrected chi connectivity index (χ3v) is 4.50. The van der Waals surface area contributed by atoms with Crippen molar-refractivity contribution in [2.24, 2.45) is 0 Å². The summed E-state index contributed by atoms with van der Waals surface area (Å²) < 4.78 is 16.0. The van der Waals surface area contributed by atoms with E-state index in [0.29, 0.717) is 6.61 Å². The Hall–Kier alpha value is -1.95. The summed E-state index contributed by atoms with van der Waals surface area (Å²) in [5.74, 6) is 1.55. The molecule has 0 spiro atoms. The molecule has 2 aliphatic heterocycles. The van der Waals surface area contributed by atoms with Gasteiger partial charge in [0.25, 0.3) is 0 Å². The van der Waals surface area contributed by atoms with E-state index in [1.54, 1.807) is 11.9 Å². The summed E-state index contributed by atoms with van der Waals surface area (Å²) in [7, 11) is 1.78. The molecule has 6 heteroatoms. The normalized spacial score (nSPS) is 17.5. The van der Waals surface area contributed by atoms with Crippen molar-refractivity contribution in [3.63, 3.8) is 0 Å². The molecule has 0 radical (unpaired) electrons. The largest absolute Gasteiger partial charge is 0.454 e. The molecule has 126 valence electrons. The monoisotopic (exact) mass is 320 g/mol. The second kappa shape index (κ2) is 7.08. The highest BCUT2D eigenvalue weighted by molar-refractivity contribution is 5.67. The number of likely N-dealkylation sites (tertiary alicyclic amines) is 1. The van der Waals surface area contributed by atoms with Crippen LogP contribution in [-0.2, 0) is 11.2 Å². The first-order valence-corrected chi connectivity index (χ1v) is 8.14. The predicted octanol–water partition coefficient (Wildman–Crippen LogP) is 2.12. The van der Waals surface area contributed by atoms with Gasteiger partial charge in [0, 0.05) is 19.6 Å². The van der Waals surface area contributed by atoms with Crippen LogP contribution in [0, 0.1) is 0 Å². The molecule has 2 heterocycles. The van der Waals surface area contributed by atoms with E-state index < -0.39 is 0 Å². The number of hydrogen-bond acceptors (Lipinski definition) is 5. The van der Waals surface area contributed by atoms with Crippen LogP contribution in [0.2, 0.25) is 0 Å². The molecule has 0 bridgehead atoms. The Morgan fingerprint density at radius 3 is 2.87 bits per heavy atom. The van der Waals surface area contributed by atoms with Crippen LogP contribution in [0.4, 0.5) is 4.79 Å². The number of nitrogens with zero attached hydrogens (tertiary/aromatic N) is 2. The summed E-state index contributed by atoms with van der Waals surface area (Å²) in [5, 5.41) is 0. The second-order valence-corrected chi connectivity index (χ2v) is 6.16. The fraction of sp³-hybridized carbons (Fsp3) is 0.588. The van der Waals surface area contributed by atoms with Crippen molar-refractivity contribution in [3.8, 4) is 11.5 Å². The first-order valence-electron chi connectivity index (χ1n) is 8.14. The molecular formula is C17H24N2O4. The van der Waals surface area contributed by atoms with Gasteiger partial charge in [-0.2, -0.15) is 0 Å². The maximum atomic E-state index is 12.1. The van der Waals surface area contributed by atoms with Gasteiger partial charge in [-0.05, 0) is 50.6 Å². The highest BCUT2D eigenvalue weighted by atomic mass is 16.7. The third kappa shape index (κ3) is 3.88. The molecular weight excluding hydrogens is 296 g/mol. The quantitative estimate of drug-likeness (QED) is 0.803. The summed E-state index contributed by atoms with van der Waals surface area (Å²) in [5.41, 5.74) is 1.11. The highest BCUT2D eigenvalue weighted by Crippen LogP contribution is 2.32. The zero-order valence-corrected chi connectivity index (χ0v) is 13.8. The van der Waals surface area contributed by atoms with Crippen LogP contribution >= 0.6 is 0 Å². The molecule has 1 saturated heterocycles. The molecule has 0 unspecified atom stereocenters. The molecule has 1 aromatic rings. The van der Waals surface area contributed by atoms with Crippen molar-refractivity contribution < 1.29 is 19.0 Å². The average Bonchev–Trinajstić information content (AvgIpc) is 2.96. The van der Waals surface area contributed by atoms with E-state index in [4.69, 9.17) is 14.2 Å². The Morgan fingerprint density at radius 1 is 1.35 bits per heavy atom. The third-order valence-electron chi connectivity index (χ3n) is 4.50. The standard InChI is InChI=1S/C17H24N2O4/c1-13(10-14-4-5-15-16(11-14)23-12-22-15)18(2)17(20)21-9-8-19-6-3-7-19/h4-5,11,13H,3,6-10,12H2,1-2H3/t13-/m0/s1. The maximum Gasteiger partial charge on any atom is 0.409 e. The van der Waals surface area contributed by atoms with E-state index in [0.717, 1.165) is 43.1 Å². The van der Waals surface area contributed by atoms with E-state index >= 15 is 0 Å². The lowest BCUT2D eigenvalue weighted by atomic mass is 10.1. The Balaban J connectivity index is 1.46. The molecule has 0 aliphatic carbocycles. The van der Waals surface area contributed by atoms with Crippen molar-refractivity contribution in [3.05, 3.63) is 23.8 Å². The molecule has 23 heavy (non-hydrogen) atoms. The number of fused-ring (bicyclic) bond motifs is 1. The molecule has 3 rings (SSSR count). The molecule has 0 saturated carbocycles. The Kier molecular flexibility index (Phi) is 4.91. The van der Waals surface area contributed by atoms with Gasteiger partial charge in [0.05, 0.1) is 0 Å². The molecule has 1 fully saturated rings.